The van der Waals surface area contributed by atoms with Crippen LogP contribution >= 0.6 is 8.73 Å². The fourth-order valence-electron chi connectivity index (χ4n) is 2.54. The van der Waals surface area contributed by atoms with Crippen LogP contribution in [-0.2, 0) is 0 Å². The van der Waals surface area contributed by atoms with E-state index >= 15 is 0 Å². The molecule has 2 rings (SSSR count). The first kappa shape index (κ1) is 12.9. The zero-order valence-electron chi connectivity index (χ0n) is 11.5. The van der Waals surface area contributed by atoms with Crippen molar-refractivity contribution in [2.45, 2.75) is 46.0 Å². The number of nitrogens with zero attached hydrogens (tertiary/aromatic N) is 1. The number of hydrogen-bond donors (Lipinski definition) is 0. The Morgan fingerprint density at radius 2 is 1.65 bits per heavy atom. The van der Waals surface area contributed by atoms with E-state index in [9.17, 15) is 0 Å². The van der Waals surface area contributed by atoms with Crippen molar-refractivity contribution in [3.63, 3.8) is 0 Å². The Kier molecular flexibility index (Phi) is 4.09. The third-order valence-corrected chi connectivity index (χ3v) is 4.88. The predicted molar refractivity (Wildman–Crippen MR) is 79.8 cm³/mol. The smallest absolute Gasteiger partial charge is 0.0467 e. The van der Waals surface area contributed by atoms with Crippen molar-refractivity contribution in [3.05, 3.63) is 29.3 Å². The van der Waals surface area contributed by atoms with E-state index in [-0.39, 0.29) is 0 Å². The average Bonchev–Trinajstić information content (AvgIpc) is 2.80. The van der Waals surface area contributed by atoms with Crippen LogP contribution in [0.2, 0.25) is 0 Å². The third kappa shape index (κ3) is 2.65. The summed E-state index contributed by atoms with van der Waals surface area (Å²) in [5.41, 5.74) is 4.62. The van der Waals surface area contributed by atoms with Crippen LogP contribution in [0, 0.1) is 0 Å². The van der Waals surface area contributed by atoms with Crippen molar-refractivity contribution < 1.29 is 0 Å². The molecule has 0 aromatic heterocycles. The second kappa shape index (κ2) is 5.40. The summed E-state index contributed by atoms with van der Waals surface area (Å²) >= 11 is 0. The van der Waals surface area contributed by atoms with Gasteiger partial charge in [0.1, 0.15) is 0 Å². The molecule has 1 nitrogen and oxygen atoms in total. The molecule has 0 N–H and O–H groups in total. The lowest BCUT2D eigenvalue weighted by molar-refractivity contribution is 0.824. The van der Waals surface area contributed by atoms with Gasteiger partial charge >= 0.3 is 0 Å². The molecule has 94 valence electrons. The highest BCUT2D eigenvalue weighted by atomic mass is 31.1. The van der Waals surface area contributed by atoms with Gasteiger partial charge in [-0.25, -0.2) is 0 Å². The fraction of sp³-hybridized carbons (Fsp3) is 0.600. The molecule has 1 saturated heterocycles. The standard InChI is InChI=1S/C15H24NP/c1-11(2)13-7-5-8-14(12(3)4)15(13)16-9-6-10-17-16/h5,7-8,11-12,17H,6,9-10H2,1-4H3. The van der Waals surface area contributed by atoms with Crippen LogP contribution < -0.4 is 4.67 Å². The molecule has 17 heavy (non-hydrogen) atoms. The number of para-hydroxylation sites is 1. The van der Waals surface area contributed by atoms with Crippen LogP contribution in [0.3, 0.4) is 0 Å². The minimum atomic E-state index is 0.620. The SMILES string of the molecule is CC(C)c1cccc(C(C)C)c1N1CCCP1. The van der Waals surface area contributed by atoms with Gasteiger partial charge in [0.05, 0.1) is 0 Å². The Bertz CT molecular complexity index is 352. The number of benzene rings is 1. The topological polar surface area (TPSA) is 3.24 Å². The number of rotatable bonds is 3. The van der Waals surface area contributed by atoms with Crippen LogP contribution in [-0.4, -0.2) is 12.7 Å². The van der Waals surface area contributed by atoms with Gasteiger partial charge in [0, 0.05) is 12.2 Å². The third-order valence-electron chi connectivity index (χ3n) is 3.47. The van der Waals surface area contributed by atoms with E-state index in [1.54, 1.807) is 5.69 Å². The molecule has 1 aliphatic heterocycles. The summed E-state index contributed by atoms with van der Waals surface area (Å²) in [5.74, 6) is 1.24. The Morgan fingerprint density at radius 1 is 1.06 bits per heavy atom. The van der Waals surface area contributed by atoms with Crippen LogP contribution in [0.1, 0.15) is 57.1 Å². The van der Waals surface area contributed by atoms with E-state index < -0.39 is 0 Å². The van der Waals surface area contributed by atoms with E-state index in [2.05, 4.69) is 50.6 Å². The number of hydrogen-bond acceptors (Lipinski definition) is 1. The molecule has 0 aliphatic carbocycles. The molecule has 1 aromatic carbocycles. The zero-order chi connectivity index (χ0) is 12.4. The van der Waals surface area contributed by atoms with Crippen LogP contribution in [0.4, 0.5) is 5.69 Å². The van der Waals surface area contributed by atoms with Gasteiger partial charge in [0.15, 0.2) is 0 Å². The van der Waals surface area contributed by atoms with Gasteiger partial charge in [-0.1, -0.05) is 45.9 Å². The Hall–Kier alpha value is -0.550. The molecule has 0 spiro atoms. The van der Waals surface area contributed by atoms with Crippen LogP contribution in [0.5, 0.6) is 0 Å². The van der Waals surface area contributed by atoms with Gasteiger partial charge in [-0.3, -0.25) is 0 Å². The van der Waals surface area contributed by atoms with Gasteiger partial charge < -0.3 is 4.67 Å². The van der Waals surface area contributed by atoms with Crippen molar-refractivity contribution in [1.82, 2.24) is 0 Å². The highest BCUT2D eigenvalue weighted by Gasteiger charge is 2.21. The maximum Gasteiger partial charge on any atom is 0.0467 e. The lowest BCUT2D eigenvalue weighted by atomic mass is 9.92. The Morgan fingerprint density at radius 3 is 2.06 bits per heavy atom. The van der Waals surface area contributed by atoms with Gasteiger partial charge in [-0.05, 0) is 44.3 Å². The van der Waals surface area contributed by atoms with Gasteiger partial charge in [0.25, 0.3) is 0 Å². The fourth-order valence-corrected chi connectivity index (χ4v) is 3.86. The molecule has 1 unspecified atom stereocenters. The molecule has 1 fully saturated rings. The molecule has 1 aliphatic rings. The molecule has 0 saturated carbocycles. The molecular formula is C15H24NP. The van der Waals surface area contributed by atoms with Gasteiger partial charge in [-0.15, -0.1) is 0 Å². The van der Waals surface area contributed by atoms with Gasteiger partial charge in [0.2, 0.25) is 0 Å². The molecular weight excluding hydrogens is 225 g/mol. The van der Waals surface area contributed by atoms with E-state index in [1.807, 2.05) is 0 Å². The molecule has 1 aromatic rings. The van der Waals surface area contributed by atoms with Crippen LogP contribution in [0.15, 0.2) is 18.2 Å². The van der Waals surface area contributed by atoms with E-state index in [1.165, 1.54) is 30.3 Å². The molecule has 2 heteroatoms. The maximum absolute atomic E-state index is 2.63. The van der Waals surface area contributed by atoms with Crippen molar-refractivity contribution in [2.75, 3.05) is 17.4 Å². The maximum atomic E-state index is 2.63. The van der Waals surface area contributed by atoms with Crippen molar-refractivity contribution in [1.29, 1.82) is 0 Å². The first-order valence-electron chi connectivity index (χ1n) is 6.75. The number of anilines is 1. The second-order valence-electron chi connectivity index (χ2n) is 5.51. The molecule has 0 radical (unpaired) electrons. The van der Waals surface area contributed by atoms with Crippen molar-refractivity contribution >= 4 is 14.4 Å². The second-order valence-corrected chi connectivity index (χ2v) is 6.86. The summed E-state index contributed by atoms with van der Waals surface area (Å²) in [6.07, 6.45) is 2.74. The Labute approximate surface area is 107 Å². The van der Waals surface area contributed by atoms with E-state index in [0.29, 0.717) is 11.8 Å². The summed E-state index contributed by atoms with van der Waals surface area (Å²) in [6.45, 7) is 10.5. The Balaban J connectivity index is 2.49. The molecule has 1 atom stereocenters. The van der Waals surface area contributed by atoms with E-state index in [4.69, 9.17) is 0 Å². The zero-order valence-corrected chi connectivity index (χ0v) is 12.5. The highest BCUT2D eigenvalue weighted by Crippen LogP contribution is 2.42. The lowest BCUT2D eigenvalue weighted by Gasteiger charge is -2.27. The quantitative estimate of drug-likeness (QED) is 0.699. The molecule has 0 amide bonds. The minimum Gasteiger partial charge on any atom is -0.353 e. The summed E-state index contributed by atoms with van der Waals surface area (Å²) in [5, 5.41) is 0. The molecule has 1 heterocycles. The predicted octanol–water partition coefficient (Wildman–Crippen LogP) is 4.74. The van der Waals surface area contributed by atoms with Gasteiger partial charge in [-0.2, -0.15) is 0 Å². The first-order valence-corrected chi connectivity index (χ1v) is 7.90. The summed E-state index contributed by atoms with van der Waals surface area (Å²) in [6, 6.07) is 6.86. The van der Waals surface area contributed by atoms with Crippen molar-refractivity contribution in [3.8, 4) is 0 Å². The van der Waals surface area contributed by atoms with E-state index in [0.717, 1.165) is 8.73 Å². The first-order chi connectivity index (χ1) is 8.11. The molecule has 0 bridgehead atoms. The van der Waals surface area contributed by atoms with Crippen molar-refractivity contribution in [2.24, 2.45) is 0 Å². The largest absolute Gasteiger partial charge is 0.353 e. The summed E-state index contributed by atoms with van der Waals surface area (Å²) in [4.78, 5) is 0. The monoisotopic (exact) mass is 249 g/mol. The highest BCUT2D eigenvalue weighted by molar-refractivity contribution is 7.40. The average molecular weight is 249 g/mol. The summed E-state index contributed by atoms with van der Waals surface area (Å²) in [7, 11) is 0.989. The van der Waals surface area contributed by atoms with Crippen LogP contribution in [0.25, 0.3) is 0 Å². The summed E-state index contributed by atoms with van der Waals surface area (Å²) < 4.78 is 2.63. The normalized spacial score (nSPS) is 17.6. The lowest BCUT2D eigenvalue weighted by Crippen LogP contribution is -2.14. The minimum absolute atomic E-state index is 0.620.